The molecule has 3 atom stereocenters. The van der Waals surface area contributed by atoms with E-state index in [1.165, 1.54) is 0 Å². The Kier molecular flexibility index (Phi) is 7.08. The van der Waals surface area contributed by atoms with Crippen LogP contribution in [0.25, 0.3) is 16.5 Å². The number of allylic oxidation sites excluding steroid dienone is 4. The third-order valence-corrected chi connectivity index (χ3v) is 6.57. The average molecular weight is 476 g/mol. The summed E-state index contributed by atoms with van der Waals surface area (Å²) in [7, 11) is 0. The van der Waals surface area contributed by atoms with Crippen LogP contribution in [0.4, 0.5) is 10.2 Å². The summed E-state index contributed by atoms with van der Waals surface area (Å²) in [6.45, 7) is 11.9. The standard InChI is InChI=1S/C28H30FN3O3/c1-5-24(33)16(3)10-15(2)17(4)20-11-19-14-30-25(32-28(35)21-12-22(21)29)13-23(19)31-26(20)27(34)18-8-6-7-9-18/h8,10-11,13-14,21-22,24,33H,3-7,9,12H2,1-2H3,(H,30,32,35)/b15-10-/t21-,22+,24-/m0/s1. The minimum Gasteiger partial charge on any atom is -0.388 e. The summed E-state index contributed by atoms with van der Waals surface area (Å²) in [5.41, 5.74) is 4.02. The van der Waals surface area contributed by atoms with Gasteiger partial charge in [0.1, 0.15) is 17.7 Å². The molecule has 2 heterocycles. The van der Waals surface area contributed by atoms with Crippen molar-refractivity contribution in [2.45, 2.75) is 58.2 Å². The predicted octanol–water partition coefficient (Wildman–Crippen LogP) is 5.51. The highest BCUT2D eigenvalue weighted by atomic mass is 19.1. The van der Waals surface area contributed by atoms with Gasteiger partial charge in [0.15, 0.2) is 0 Å². The van der Waals surface area contributed by atoms with Gasteiger partial charge in [0.25, 0.3) is 0 Å². The number of hydrogen-bond acceptors (Lipinski definition) is 5. The van der Waals surface area contributed by atoms with Crippen molar-refractivity contribution in [1.82, 2.24) is 9.97 Å². The number of halogens is 1. The number of nitrogens with zero attached hydrogens (tertiary/aromatic N) is 2. The van der Waals surface area contributed by atoms with Gasteiger partial charge in [-0.25, -0.2) is 14.4 Å². The molecule has 35 heavy (non-hydrogen) atoms. The van der Waals surface area contributed by atoms with Crippen molar-refractivity contribution in [1.29, 1.82) is 0 Å². The molecule has 2 aliphatic carbocycles. The zero-order chi connectivity index (χ0) is 25.3. The van der Waals surface area contributed by atoms with Crippen LogP contribution in [0.2, 0.25) is 0 Å². The number of carbonyl (C=O) groups excluding carboxylic acids is 2. The SMILES string of the molecule is C=C(/C(C)=C\C(=C)[C@@H](O)CC)c1cc2cnc(NC(=O)[C@H]3C[C@H]3F)cc2nc1C(=O)C1=CCCC1. The number of fused-ring (bicyclic) bond motifs is 1. The monoisotopic (exact) mass is 475 g/mol. The molecule has 1 saturated carbocycles. The van der Waals surface area contributed by atoms with Gasteiger partial charge < -0.3 is 10.4 Å². The lowest BCUT2D eigenvalue weighted by molar-refractivity contribution is -0.117. The number of amides is 1. The molecule has 0 unspecified atom stereocenters. The fraction of sp³-hybridized carbons (Fsp3) is 0.357. The van der Waals surface area contributed by atoms with E-state index >= 15 is 0 Å². The third-order valence-electron chi connectivity index (χ3n) is 6.57. The van der Waals surface area contributed by atoms with Crippen molar-refractivity contribution in [3.63, 3.8) is 0 Å². The van der Waals surface area contributed by atoms with Gasteiger partial charge in [-0.2, -0.15) is 0 Å². The quantitative estimate of drug-likeness (QED) is 0.369. The lowest BCUT2D eigenvalue weighted by Crippen LogP contribution is -2.16. The van der Waals surface area contributed by atoms with Crippen molar-refractivity contribution in [3.8, 4) is 0 Å². The minimum atomic E-state index is -1.10. The Hall–Kier alpha value is -3.45. The molecule has 2 aromatic rings. The highest BCUT2D eigenvalue weighted by Crippen LogP contribution is 2.35. The Morgan fingerprint density at radius 3 is 2.71 bits per heavy atom. The fourth-order valence-corrected chi connectivity index (χ4v) is 4.16. The first-order chi connectivity index (χ1) is 16.7. The summed E-state index contributed by atoms with van der Waals surface area (Å²) in [5.74, 6) is -0.924. The molecule has 2 aliphatic rings. The first kappa shape index (κ1) is 24.7. The van der Waals surface area contributed by atoms with Crippen LogP contribution < -0.4 is 5.32 Å². The molecule has 1 fully saturated rings. The minimum absolute atomic E-state index is 0.151. The molecule has 7 heteroatoms. The molecule has 182 valence electrons. The van der Waals surface area contributed by atoms with Crippen LogP contribution in [0.5, 0.6) is 0 Å². The number of alkyl halides is 1. The smallest absolute Gasteiger partial charge is 0.231 e. The van der Waals surface area contributed by atoms with Gasteiger partial charge in [0.2, 0.25) is 11.7 Å². The number of Topliss-reactive ketones (excluding diaryl/α,β-unsaturated/α-hetero) is 1. The van der Waals surface area contributed by atoms with Gasteiger partial charge >= 0.3 is 0 Å². The largest absolute Gasteiger partial charge is 0.388 e. The van der Waals surface area contributed by atoms with Crippen LogP contribution in [-0.4, -0.2) is 39.0 Å². The summed E-state index contributed by atoms with van der Waals surface area (Å²) < 4.78 is 13.2. The van der Waals surface area contributed by atoms with Gasteiger partial charge in [-0.15, -0.1) is 0 Å². The Labute approximate surface area is 204 Å². The first-order valence-electron chi connectivity index (χ1n) is 11.9. The maximum absolute atomic E-state index is 13.4. The van der Waals surface area contributed by atoms with Crippen LogP contribution in [0.1, 0.15) is 62.0 Å². The second-order valence-corrected chi connectivity index (χ2v) is 9.25. The number of aliphatic hydroxyl groups excluding tert-OH is 1. The zero-order valence-corrected chi connectivity index (χ0v) is 20.1. The molecule has 0 spiro atoms. The number of hydrogen-bond donors (Lipinski definition) is 2. The van der Waals surface area contributed by atoms with E-state index in [4.69, 9.17) is 0 Å². The number of anilines is 1. The van der Waals surface area contributed by atoms with Gasteiger partial charge in [0.05, 0.1) is 17.5 Å². The topological polar surface area (TPSA) is 92.2 Å². The summed E-state index contributed by atoms with van der Waals surface area (Å²) in [4.78, 5) is 34.5. The van der Waals surface area contributed by atoms with Crippen LogP contribution in [-0.2, 0) is 4.79 Å². The molecule has 0 radical (unpaired) electrons. The molecular weight excluding hydrogens is 445 g/mol. The van der Waals surface area contributed by atoms with Gasteiger partial charge in [-0.1, -0.05) is 32.2 Å². The maximum atomic E-state index is 13.4. The van der Waals surface area contributed by atoms with Crippen LogP contribution in [0, 0.1) is 5.92 Å². The van der Waals surface area contributed by atoms with Gasteiger partial charge in [-0.05, 0) is 67.4 Å². The van der Waals surface area contributed by atoms with Gasteiger partial charge in [-0.3, -0.25) is 9.59 Å². The number of carbonyl (C=O) groups is 2. The molecule has 0 bridgehead atoms. The fourth-order valence-electron chi connectivity index (χ4n) is 4.16. The Balaban J connectivity index is 1.74. The summed E-state index contributed by atoms with van der Waals surface area (Å²) in [6.07, 6.45) is 6.78. The number of pyridine rings is 2. The number of aromatic nitrogens is 2. The van der Waals surface area contributed by atoms with E-state index in [2.05, 4.69) is 28.4 Å². The molecule has 2 N–H and O–H groups in total. The zero-order valence-electron chi connectivity index (χ0n) is 20.1. The summed E-state index contributed by atoms with van der Waals surface area (Å²) in [6, 6.07) is 3.41. The maximum Gasteiger partial charge on any atom is 0.231 e. The number of ketones is 1. The van der Waals surface area contributed by atoms with Crippen LogP contribution in [0.3, 0.4) is 0 Å². The van der Waals surface area contributed by atoms with E-state index in [-0.39, 0.29) is 23.7 Å². The first-order valence-corrected chi connectivity index (χ1v) is 11.9. The highest BCUT2D eigenvalue weighted by molar-refractivity contribution is 6.12. The van der Waals surface area contributed by atoms with E-state index in [0.717, 1.165) is 24.0 Å². The number of aliphatic hydroxyl groups is 1. The van der Waals surface area contributed by atoms with E-state index in [0.29, 0.717) is 40.5 Å². The number of nitrogens with one attached hydrogen (secondary N) is 1. The van der Waals surface area contributed by atoms with E-state index in [1.807, 2.05) is 26.0 Å². The second-order valence-electron chi connectivity index (χ2n) is 9.25. The van der Waals surface area contributed by atoms with E-state index in [1.54, 1.807) is 18.3 Å². The van der Waals surface area contributed by atoms with Crippen molar-refractivity contribution >= 4 is 34.0 Å². The molecule has 2 aromatic heterocycles. The van der Waals surface area contributed by atoms with Crippen molar-refractivity contribution in [2.75, 3.05) is 5.32 Å². The molecule has 6 nitrogen and oxygen atoms in total. The lowest BCUT2D eigenvalue weighted by atomic mass is 9.92. The Morgan fingerprint density at radius 2 is 2.09 bits per heavy atom. The lowest BCUT2D eigenvalue weighted by Gasteiger charge is -2.15. The summed E-state index contributed by atoms with van der Waals surface area (Å²) in [5, 5.41) is 13.4. The molecule has 4 rings (SSSR count). The van der Waals surface area contributed by atoms with Crippen LogP contribution >= 0.6 is 0 Å². The molecule has 0 saturated heterocycles. The van der Waals surface area contributed by atoms with E-state index in [9.17, 15) is 19.1 Å². The van der Waals surface area contributed by atoms with Crippen molar-refractivity contribution < 1.29 is 19.1 Å². The van der Waals surface area contributed by atoms with Crippen LogP contribution in [0.15, 0.2) is 60.4 Å². The van der Waals surface area contributed by atoms with Crippen molar-refractivity contribution in [2.24, 2.45) is 5.92 Å². The van der Waals surface area contributed by atoms with Gasteiger partial charge in [0, 0.05) is 23.2 Å². The average Bonchev–Trinajstić information content (AvgIpc) is 3.34. The summed E-state index contributed by atoms with van der Waals surface area (Å²) >= 11 is 0. The van der Waals surface area contributed by atoms with Crippen molar-refractivity contribution in [3.05, 3.63) is 71.6 Å². The normalized spacial score (nSPS) is 20.3. The third kappa shape index (κ3) is 5.30. The molecule has 0 aliphatic heterocycles. The molecule has 0 aromatic carbocycles. The second kappa shape index (κ2) is 10.0. The molecule has 1 amide bonds. The highest BCUT2D eigenvalue weighted by Gasteiger charge is 2.43. The predicted molar refractivity (Wildman–Crippen MR) is 136 cm³/mol. The Bertz CT molecular complexity index is 1290. The molecular formula is C28H30FN3O3. The van der Waals surface area contributed by atoms with E-state index < -0.39 is 24.1 Å². The number of rotatable bonds is 9. The Morgan fingerprint density at radius 1 is 1.34 bits per heavy atom.